The summed E-state index contributed by atoms with van der Waals surface area (Å²) in [5, 5.41) is 8.52. The minimum Gasteiger partial charge on any atom is -0.480 e. The largest absolute Gasteiger partial charge is 0.480 e. The van der Waals surface area contributed by atoms with Gasteiger partial charge in [-0.2, -0.15) is 0 Å². The van der Waals surface area contributed by atoms with Gasteiger partial charge >= 0.3 is 0 Å². The number of carbonyl (C=O) groups excluding carboxylic acids is 1. The predicted molar refractivity (Wildman–Crippen MR) is 102 cm³/mol. The van der Waals surface area contributed by atoms with Gasteiger partial charge in [0, 0.05) is 11.6 Å². The molecule has 2 N–H and O–H groups in total. The van der Waals surface area contributed by atoms with Crippen LogP contribution in [0.1, 0.15) is 48.9 Å². The molecule has 8 heteroatoms. The monoisotopic (exact) mass is 398 g/mol. The molecule has 6 nitrogen and oxygen atoms in total. The summed E-state index contributed by atoms with van der Waals surface area (Å²) >= 11 is 0. The zero-order valence-electron chi connectivity index (χ0n) is 16.0. The molecule has 1 saturated carbocycles. The molecule has 1 aliphatic carbocycles. The maximum absolute atomic E-state index is 14.7. The van der Waals surface area contributed by atoms with Crippen molar-refractivity contribution in [3.05, 3.63) is 65.5 Å². The molecular formula is C21H20F2N4O2. The molecule has 3 aromatic rings. The lowest BCUT2D eigenvalue weighted by Crippen LogP contribution is -2.29. The number of halogens is 2. The highest BCUT2D eigenvalue weighted by Crippen LogP contribution is 2.42. The zero-order valence-corrected chi connectivity index (χ0v) is 16.0. The molecule has 1 aromatic heterocycles. The van der Waals surface area contributed by atoms with Gasteiger partial charge in [0.15, 0.2) is 17.2 Å². The highest BCUT2D eigenvalue weighted by molar-refractivity contribution is 5.93. The van der Waals surface area contributed by atoms with E-state index in [1.165, 1.54) is 36.4 Å². The number of nitrogens with two attached hydrogens (primary N) is 1. The molecule has 29 heavy (non-hydrogen) atoms. The van der Waals surface area contributed by atoms with Gasteiger partial charge in [-0.1, -0.05) is 0 Å². The summed E-state index contributed by atoms with van der Waals surface area (Å²) in [6, 6.07) is 9.90. The van der Waals surface area contributed by atoms with Gasteiger partial charge < -0.3 is 15.0 Å². The summed E-state index contributed by atoms with van der Waals surface area (Å²) in [6.45, 7) is 3.66. The summed E-state index contributed by atoms with van der Waals surface area (Å²) in [4.78, 5) is 11.3. The molecule has 0 aliphatic heterocycles. The molecule has 1 aliphatic rings. The van der Waals surface area contributed by atoms with Gasteiger partial charge in [0.1, 0.15) is 17.4 Å². The quantitative estimate of drug-likeness (QED) is 0.681. The molecule has 0 atom stereocenters. The number of primary amides is 1. The molecule has 0 bridgehead atoms. The van der Waals surface area contributed by atoms with Crippen LogP contribution in [0.5, 0.6) is 5.75 Å². The van der Waals surface area contributed by atoms with Crippen LogP contribution in [0.4, 0.5) is 8.78 Å². The molecule has 150 valence electrons. The number of ether oxygens (including phenoxy) is 1. The maximum Gasteiger partial charge on any atom is 0.248 e. The first-order chi connectivity index (χ1) is 13.8. The van der Waals surface area contributed by atoms with Crippen molar-refractivity contribution in [3.8, 4) is 17.1 Å². The average Bonchev–Trinajstić information content (AvgIpc) is 3.41. The zero-order chi connectivity index (χ0) is 20.8. The highest BCUT2D eigenvalue weighted by atomic mass is 19.1. The number of carbonyl (C=O) groups is 1. The number of amides is 1. The van der Waals surface area contributed by atoms with Crippen LogP contribution in [0, 0.1) is 11.6 Å². The number of aromatic nitrogens is 3. The normalized spacial score (nSPS) is 14.1. The third-order valence-corrected chi connectivity index (χ3v) is 4.83. The van der Waals surface area contributed by atoms with Crippen LogP contribution >= 0.6 is 0 Å². The number of hydrogen-bond acceptors (Lipinski definition) is 4. The van der Waals surface area contributed by atoms with Crippen molar-refractivity contribution in [2.75, 3.05) is 0 Å². The van der Waals surface area contributed by atoms with Crippen molar-refractivity contribution in [3.63, 3.8) is 0 Å². The van der Waals surface area contributed by atoms with E-state index in [2.05, 4.69) is 10.2 Å². The molecule has 1 fully saturated rings. The smallest absolute Gasteiger partial charge is 0.248 e. The molecule has 0 radical (unpaired) electrons. The van der Waals surface area contributed by atoms with E-state index in [1.54, 1.807) is 0 Å². The van der Waals surface area contributed by atoms with Gasteiger partial charge in [-0.05, 0) is 69.2 Å². The van der Waals surface area contributed by atoms with Crippen LogP contribution in [0.2, 0.25) is 0 Å². The van der Waals surface area contributed by atoms with Gasteiger partial charge in [-0.3, -0.25) is 4.79 Å². The number of benzene rings is 2. The van der Waals surface area contributed by atoms with E-state index < -0.39 is 17.3 Å². The fourth-order valence-electron chi connectivity index (χ4n) is 3.26. The second kappa shape index (κ2) is 6.95. The lowest BCUT2D eigenvalue weighted by Gasteiger charge is -2.26. The van der Waals surface area contributed by atoms with E-state index in [0.717, 1.165) is 18.9 Å². The number of rotatable bonds is 6. The van der Waals surface area contributed by atoms with Crippen molar-refractivity contribution in [1.82, 2.24) is 14.8 Å². The van der Waals surface area contributed by atoms with Gasteiger partial charge in [-0.15, -0.1) is 10.2 Å². The summed E-state index contributed by atoms with van der Waals surface area (Å²) < 4.78 is 35.8. The Balaban J connectivity index is 1.74. The van der Waals surface area contributed by atoms with Crippen LogP contribution in [0.15, 0.2) is 42.5 Å². The van der Waals surface area contributed by atoms with Crippen molar-refractivity contribution < 1.29 is 18.3 Å². The Morgan fingerprint density at radius 3 is 2.41 bits per heavy atom. The first-order valence-electron chi connectivity index (χ1n) is 9.26. The van der Waals surface area contributed by atoms with E-state index in [-0.39, 0.29) is 23.0 Å². The fraction of sp³-hybridized carbons (Fsp3) is 0.286. The Labute approximate surface area is 166 Å². The first-order valence-corrected chi connectivity index (χ1v) is 9.26. The first kappa shape index (κ1) is 19.0. The van der Waals surface area contributed by atoms with E-state index >= 15 is 0 Å². The molecule has 1 heterocycles. The fourth-order valence-corrected chi connectivity index (χ4v) is 3.26. The Kier molecular flexibility index (Phi) is 4.56. The minimum atomic E-state index is -0.894. The summed E-state index contributed by atoms with van der Waals surface area (Å²) in [6.07, 6.45) is 1.84. The van der Waals surface area contributed by atoms with Gasteiger partial charge in [0.2, 0.25) is 5.91 Å². The third-order valence-electron chi connectivity index (χ3n) is 4.83. The lowest BCUT2D eigenvalue weighted by atomic mass is 10.1. The van der Waals surface area contributed by atoms with Crippen LogP contribution in [-0.2, 0) is 5.60 Å². The number of hydrogen-bond donors (Lipinski definition) is 1. The van der Waals surface area contributed by atoms with Crippen molar-refractivity contribution in [1.29, 1.82) is 0 Å². The van der Waals surface area contributed by atoms with Gasteiger partial charge in [0.05, 0.1) is 5.56 Å². The molecule has 2 aromatic carbocycles. The van der Waals surface area contributed by atoms with E-state index in [4.69, 9.17) is 10.5 Å². The summed E-state index contributed by atoms with van der Waals surface area (Å²) in [5.41, 5.74) is 4.65. The van der Waals surface area contributed by atoms with Crippen molar-refractivity contribution in [2.45, 2.75) is 38.3 Å². The molecule has 4 rings (SSSR count). The average molecular weight is 398 g/mol. The van der Waals surface area contributed by atoms with E-state index in [1.807, 2.05) is 18.4 Å². The Bertz CT molecular complexity index is 1070. The summed E-state index contributed by atoms with van der Waals surface area (Å²) in [7, 11) is 0. The van der Waals surface area contributed by atoms with Gasteiger partial charge in [-0.25, -0.2) is 8.78 Å². The second-order valence-corrected chi connectivity index (χ2v) is 7.57. The van der Waals surface area contributed by atoms with Crippen molar-refractivity contribution >= 4 is 5.91 Å². The van der Waals surface area contributed by atoms with Gasteiger partial charge in [0.25, 0.3) is 0 Å². The Morgan fingerprint density at radius 2 is 1.83 bits per heavy atom. The minimum absolute atomic E-state index is 0.0870. The van der Waals surface area contributed by atoms with E-state index in [0.29, 0.717) is 17.4 Å². The molecule has 1 amide bonds. The van der Waals surface area contributed by atoms with Crippen LogP contribution < -0.4 is 10.5 Å². The SMILES string of the molecule is CC(C)(Oc1ccc(F)cc1)c1nnc(-c2ccc(C(N)=O)cc2F)n1C1CC1. The second-order valence-electron chi connectivity index (χ2n) is 7.57. The van der Waals surface area contributed by atoms with Crippen molar-refractivity contribution in [2.24, 2.45) is 5.73 Å². The Morgan fingerprint density at radius 1 is 1.14 bits per heavy atom. The molecule has 0 spiro atoms. The molecule has 0 saturated heterocycles. The lowest BCUT2D eigenvalue weighted by molar-refractivity contribution is 0.0935. The highest BCUT2D eigenvalue weighted by Gasteiger charge is 2.38. The topological polar surface area (TPSA) is 83.0 Å². The van der Waals surface area contributed by atoms with Crippen LogP contribution in [-0.4, -0.2) is 20.7 Å². The number of nitrogens with zero attached hydrogens (tertiary/aromatic N) is 3. The maximum atomic E-state index is 14.7. The molecular weight excluding hydrogens is 378 g/mol. The standard InChI is InChI=1S/C21H20F2N4O2/c1-21(2,29-15-8-4-13(22)5-9-15)20-26-25-19(27(20)14-6-7-14)16-10-3-12(18(24)28)11-17(16)23/h3-5,8-11,14H,6-7H2,1-2H3,(H2,24,28). The van der Waals surface area contributed by atoms with Crippen LogP contribution in [0.3, 0.4) is 0 Å². The predicted octanol–water partition coefficient (Wildman–Crippen LogP) is 3.97. The molecule has 0 unspecified atom stereocenters. The van der Waals surface area contributed by atoms with Crippen LogP contribution in [0.25, 0.3) is 11.4 Å². The Hall–Kier alpha value is -3.29. The summed E-state index contributed by atoms with van der Waals surface area (Å²) in [5.74, 6) is -0.258. The van der Waals surface area contributed by atoms with E-state index in [9.17, 15) is 13.6 Å². The third kappa shape index (κ3) is 3.70.